The van der Waals surface area contributed by atoms with Crippen molar-refractivity contribution in [3.05, 3.63) is 30.3 Å². The summed E-state index contributed by atoms with van der Waals surface area (Å²) in [6.45, 7) is 2.34. The molecule has 1 aliphatic rings. The molecule has 0 radical (unpaired) electrons. The van der Waals surface area contributed by atoms with Gasteiger partial charge in [-0.25, -0.2) is 4.79 Å². The molecule has 1 saturated heterocycles. The molecule has 4 heteroatoms. The normalized spacial score (nSPS) is 16.4. The van der Waals surface area contributed by atoms with E-state index in [4.69, 9.17) is 5.11 Å². The Morgan fingerprint density at radius 2 is 1.94 bits per heavy atom. The number of aliphatic hydroxyl groups is 1. The first-order valence-corrected chi connectivity index (χ1v) is 6.05. The smallest absolute Gasteiger partial charge is 0.324 e. The van der Waals surface area contributed by atoms with Gasteiger partial charge in [-0.1, -0.05) is 18.2 Å². The average Bonchev–Trinajstić information content (AvgIpc) is 2.39. The van der Waals surface area contributed by atoms with E-state index in [1.807, 2.05) is 35.2 Å². The maximum Gasteiger partial charge on any atom is 0.324 e. The zero-order chi connectivity index (χ0) is 12.1. The van der Waals surface area contributed by atoms with Crippen LogP contribution in [0.15, 0.2) is 30.3 Å². The topological polar surface area (TPSA) is 43.8 Å². The minimum atomic E-state index is 0.0518. The average molecular weight is 234 g/mol. The number of rotatable bonds is 4. The second-order valence-corrected chi connectivity index (χ2v) is 4.19. The summed E-state index contributed by atoms with van der Waals surface area (Å²) in [6.07, 6.45) is 1.63. The molecule has 1 aliphatic heterocycles. The predicted molar refractivity (Wildman–Crippen MR) is 67.1 cm³/mol. The number of carbonyl (C=O) groups excluding carboxylic acids is 1. The highest BCUT2D eigenvalue weighted by Crippen LogP contribution is 2.19. The van der Waals surface area contributed by atoms with Gasteiger partial charge in [0.1, 0.15) is 0 Å². The lowest BCUT2D eigenvalue weighted by Gasteiger charge is -2.35. The summed E-state index contributed by atoms with van der Waals surface area (Å²) in [5, 5.41) is 8.81. The summed E-state index contributed by atoms with van der Waals surface area (Å²) in [4.78, 5) is 15.8. The Balaban J connectivity index is 2.06. The molecule has 0 saturated carbocycles. The summed E-state index contributed by atoms with van der Waals surface area (Å²) < 4.78 is 0. The van der Waals surface area contributed by atoms with Gasteiger partial charge in [-0.15, -0.1) is 0 Å². The number of aliphatic hydroxyl groups excluding tert-OH is 1. The Labute approximate surface area is 101 Å². The molecule has 2 amide bonds. The molecule has 1 aromatic rings. The van der Waals surface area contributed by atoms with Crippen LogP contribution in [0, 0.1) is 0 Å². The lowest BCUT2D eigenvalue weighted by molar-refractivity contribution is 0.186. The Hall–Kier alpha value is -1.55. The molecular weight excluding hydrogens is 216 g/mol. The summed E-state index contributed by atoms with van der Waals surface area (Å²) in [5.74, 6) is 0. The quantitative estimate of drug-likeness (QED) is 0.861. The molecule has 2 rings (SSSR count). The van der Waals surface area contributed by atoms with E-state index in [9.17, 15) is 4.79 Å². The van der Waals surface area contributed by atoms with Crippen LogP contribution in [0.3, 0.4) is 0 Å². The zero-order valence-corrected chi connectivity index (χ0v) is 9.88. The molecule has 0 atom stereocenters. The van der Waals surface area contributed by atoms with Crippen LogP contribution in [0.2, 0.25) is 0 Å². The Morgan fingerprint density at radius 3 is 2.65 bits per heavy atom. The lowest BCUT2D eigenvalue weighted by Crippen LogP contribution is -2.49. The van der Waals surface area contributed by atoms with Gasteiger partial charge in [0.2, 0.25) is 0 Å². The van der Waals surface area contributed by atoms with Gasteiger partial charge in [0.15, 0.2) is 0 Å². The van der Waals surface area contributed by atoms with Crippen LogP contribution in [0.25, 0.3) is 0 Å². The predicted octanol–water partition coefficient (Wildman–Crippen LogP) is 1.70. The molecular formula is C13H18N2O2. The van der Waals surface area contributed by atoms with Crippen LogP contribution in [0.5, 0.6) is 0 Å². The number of carbonyl (C=O) groups is 1. The van der Waals surface area contributed by atoms with Crippen molar-refractivity contribution in [3.63, 3.8) is 0 Å². The fraction of sp³-hybridized carbons (Fsp3) is 0.462. The minimum Gasteiger partial charge on any atom is -0.396 e. The van der Waals surface area contributed by atoms with E-state index >= 15 is 0 Å². The molecule has 0 aromatic heterocycles. The SMILES string of the molecule is O=C1N(CCCO)CCCN1c1ccccc1. The third-order valence-electron chi connectivity index (χ3n) is 2.97. The van der Waals surface area contributed by atoms with E-state index in [0.717, 1.165) is 25.2 Å². The van der Waals surface area contributed by atoms with Gasteiger partial charge in [-0.05, 0) is 25.0 Å². The maximum atomic E-state index is 12.2. The molecule has 4 nitrogen and oxygen atoms in total. The van der Waals surface area contributed by atoms with Gasteiger partial charge < -0.3 is 10.0 Å². The molecule has 0 spiro atoms. The van der Waals surface area contributed by atoms with E-state index in [2.05, 4.69) is 0 Å². The number of anilines is 1. The van der Waals surface area contributed by atoms with Crippen molar-refractivity contribution in [1.82, 2.24) is 4.90 Å². The van der Waals surface area contributed by atoms with Crippen molar-refractivity contribution in [3.8, 4) is 0 Å². The molecule has 92 valence electrons. The molecule has 1 heterocycles. The highest BCUT2D eigenvalue weighted by molar-refractivity contribution is 5.92. The van der Waals surface area contributed by atoms with Crippen molar-refractivity contribution in [1.29, 1.82) is 0 Å². The third-order valence-corrected chi connectivity index (χ3v) is 2.97. The minimum absolute atomic E-state index is 0.0518. The first-order valence-electron chi connectivity index (χ1n) is 6.05. The summed E-state index contributed by atoms with van der Waals surface area (Å²) in [7, 11) is 0. The number of amides is 2. The number of nitrogens with zero attached hydrogens (tertiary/aromatic N) is 2. The van der Waals surface area contributed by atoms with Crippen molar-refractivity contribution in [2.75, 3.05) is 31.1 Å². The van der Waals surface area contributed by atoms with Gasteiger partial charge in [-0.2, -0.15) is 0 Å². The van der Waals surface area contributed by atoms with Crippen molar-refractivity contribution >= 4 is 11.7 Å². The second-order valence-electron chi connectivity index (χ2n) is 4.19. The van der Waals surface area contributed by atoms with E-state index in [1.165, 1.54) is 0 Å². The van der Waals surface area contributed by atoms with Crippen molar-refractivity contribution in [2.45, 2.75) is 12.8 Å². The number of urea groups is 1. The van der Waals surface area contributed by atoms with Crippen LogP contribution in [-0.2, 0) is 0 Å². The standard InChI is InChI=1S/C13H18N2O2/c16-11-5-9-14-8-4-10-15(13(14)17)12-6-2-1-3-7-12/h1-3,6-7,16H,4-5,8-11H2. The van der Waals surface area contributed by atoms with E-state index in [1.54, 1.807) is 4.90 Å². The van der Waals surface area contributed by atoms with Gasteiger partial charge in [0.05, 0.1) is 0 Å². The first kappa shape index (κ1) is 11.9. The van der Waals surface area contributed by atoms with Crippen LogP contribution in [-0.4, -0.2) is 42.3 Å². The Kier molecular flexibility index (Phi) is 3.98. The molecule has 0 unspecified atom stereocenters. The molecule has 0 aliphatic carbocycles. The lowest BCUT2D eigenvalue weighted by atomic mass is 10.2. The molecule has 0 bridgehead atoms. The number of para-hydroxylation sites is 1. The van der Waals surface area contributed by atoms with Crippen LogP contribution < -0.4 is 4.90 Å². The number of hydrogen-bond acceptors (Lipinski definition) is 2. The molecule has 1 fully saturated rings. The highest BCUT2D eigenvalue weighted by Gasteiger charge is 2.25. The largest absolute Gasteiger partial charge is 0.396 e. The van der Waals surface area contributed by atoms with Gasteiger partial charge in [0.25, 0.3) is 0 Å². The summed E-state index contributed by atoms with van der Waals surface area (Å²) in [5.41, 5.74) is 0.950. The van der Waals surface area contributed by atoms with Crippen LogP contribution in [0.1, 0.15) is 12.8 Å². The van der Waals surface area contributed by atoms with Crippen molar-refractivity contribution < 1.29 is 9.90 Å². The highest BCUT2D eigenvalue weighted by atomic mass is 16.3. The van der Waals surface area contributed by atoms with E-state index in [-0.39, 0.29) is 12.6 Å². The summed E-state index contributed by atoms with van der Waals surface area (Å²) in [6, 6.07) is 9.78. The molecule has 1 aromatic carbocycles. The van der Waals surface area contributed by atoms with Gasteiger partial charge in [-0.3, -0.25) is 4.90 Å². The molecule has 1 N–H and O–H groups in total. The van der Waals surface area contributed by atoms with E-state index < -0.39 is 0 Å². The van der Waals surface area contributed by atoms with Gasteiger partial charge in [0, 0.05) is 31.9 Å². The second kappa shape index (κ2) is 5.68. The fourth-order valence-corrected chi connectivity index (χ4v) is 2.10. The monoisotopic (exact) mass is 234 g/mol. The Bertz CT molecular complexity index is 367. The maximum absolute atomic E-state index is 12.2. The van der Waals surface area contributed by atoms with Crippen LogP contribution >= 0.6 is 0 Å². The summed E-state index contributed by atoms with van der Waals surface area (Å²) >= 11 is 0. The fourth-order valence-electron chi connectivity index (χ4n) is 2.10. The van der Waals surface area contributed by atoms with E-state index in [0.29, 0.717) is 13.0 Å². The third kappa shape index (κ3) is 2.77. The Morgan fingerprint density at radius 1 is 1.18 bits per heavy atom. The molecule has 17 heavy (non-hydrogen) atoms. The van der Waals surface area contributed by atoms with Crippen LogP contribution in [0.4, 0.5) is 10.5 Å². The van der Waals surface area contributed by atoms with Crippen molar-refractivity contribution in [2.24, 2.45) is 0 Å². The number of hydrogen-bond donors (Lipinski definition) is 1. The first-order chi connectivity index (χ1) is 8.33. The zero-order valence-electron chi connectivity index (χ0n) is 9.88. The number of benzene rings is 1. The van der Waals surface area contributed by atoms with Gasteiger partial charge >= 0.3 is 6.03 Å².